The minimum atomic E-state index is 0.353. The highest BCUT2D eigenvalue weighted by Gasteiger charge is 2.25. The van der Waals surface area contributed by atoms with Crippen molar-refractivity contribution in [3.63, 3.8) is 0 Å². The van der Waals surface area contributed by atoms with Crippen LogP contribution in [0, 0.1) is 0 Å². The monoisotopic (exact) mass is 386 g/mol. The van der Waals surface area contributed by atoms with E-state index in [-0.39, 0.29) is 0 Å². The first-order valence-electron chi connectivity index (χ1n) is 9.75. The minimum absolute atomic E-state index is 0.353. The summed E-state index contributed by atoms with van der Waals surface area (Å²) in [5.41, 5.74) is 1.14. The molecule has 0 saturated carbocycles. The van der Waals surface area contributed by atoms with E-state index in [1.165, 1.54) is 0 Å². The smallest absolute Gasteiger partial charge is 0.191 e. The van der Waals surface area contributed by atoms with E-state index in [9.17, 15) is 0 Å². The summed E-state index contributed by atoms with van der Waals surface area (Å²) >= 11 is 0. The summed E-state index contributed by atoms with van der Waals surface area (Å²) < 4.78 is 16.3. The molecule has 0 radical (unpaired) electrons. The molecule has 2 heterocycles. The van der Waals surface area contributed by atoms with Crippen LogP contribution in [0.5, 0.6) is 5.75 Å². The van der Waals surface area contributed by atoms with Gasteiger partial charge < -0.3 is 29.4 Å². The van der Waals surface area contributed by atoms with Crippen LogP contribution in [0.2, 0.25) is 0 Å². The van der Waals surface area contributed by atoms with Crippen LogP contribution in [0.4, 0.5) is 5.69 Å². The molecule has 0 amide bonds. The lowest BCUT2D eigenvalue weighted by atomic mass is 10.2. The lowest BCUT2D eigenvalue weighted by Crippen LogP contribution is -2.45. The number of anilines is 1. The fourth-order valence-electron chi connectivity index (χ4n) is 3.32. The van der Waals surface area contributed by atoms with E-state index in [4.69, 9.17) is 13.9 Å². The number of nitrogens with one attached hydrogen (secondary N) is 2. The molecule has 152 valence electrons. The number of benzene rings is 1. The molecule has 3 rings (SSSR count). The molecule has 2 N–H and O–H groups in total. The third-order valence-electron chi connectivity index (χ3n) is 4.76. The molecule has 0 bridgehead atoms. The van der Waals surface area contributed by atoms with Gasteiger partial charge in [-0.2, -0.15) is 0 Å². The molecule has 0 spiro atoms. The average molecular weight is 386 g/mol. The number of para-hydroxylation sites is 2. The molecule has 1 saturated heterocycles. The van der Waals surface area contributed by atoms with E-state index in [0.717, 1.165) is 55.6 Å². The van der Waals surface area contributed by atoms with Crippen molar-refractivity contribution in [2.75, 3.05) is 45.3 Å². The summed E-state index contributed by atoms with van der Waals surface area (Å²) in [6.45, 7) is 3.92. The quantitative estimate of drug-likeness (QED) is 0.392. The van der Waals surface area contributed by atoms with E-state index in [0.29, 0.717) is 19.3 Å². The summed E-state index contributed by atoms with van der Waals surface area (Å²) in [6.07, 6.45) is 3.62. The second kappa shape index (κ2) is 10.6. The Morgan fingerprint density at radius 2 is 2.18 bits per heavy atom. The van der Waals surface area contributed by atoms with Crippen molar-refractivity contribution in [1.82, 2.24) is 10.6 Å². The fraction of sp³-hybridized carbons (Fsp3) is 0.476. The highest BCUT2D eigenvalue weighted by molar-refractivity contribution is 5.80. The van der Waals surface area contributed by atoms with Gasteiger partial charge in [0.15, 0.2) is 5.96 Å². The van der Waals surface area contributed by atoms with Gasteiger partial charge in [-0.3, -0.25) is 4.99 Å². The number of methoxy groups -OCH3 is 1. The predicted octanol–water partition coefficient (Wildman–Crippen LogP) is 2.64. The van der Waals surface area contributed by atoms with Gasteiger partial charge >= 0.3 is 0 Å². The summed E-state index contributed by atoms with van der Waals surface area (Å²) in [6, 6.07) is 12.3. The molecule has 7 heteroatoms. The number of aliphatic imine (C=N–C) groups is 1. The largest absolute Gasteiger partial charge is 0.495 e. The second-order valence-electron chi connectivity index (χ2n) is 6.73. The first-order chi connectivity index (χ1) is 13.8. The van der Waals surface area contributed by atoms with E-state index in [1.807, 2.05) is 30.3 Å². The Morgan fingerprint density at radius 1 is 1.29 bits per heavy atom. The van der Waals surface area contributed by atoms with Gasteiger partial charge in [0.05, 0.1) is 19.1 Å². The molecule has 7 nitrogen and oxygen atoms in total. The van der Waals surface area contributed by atoms with Gasteiger partial charge in [-0.15, -0.1) is 0 Å². The molecule has 1 aromatic carbocycles. The zero-order valence-electron chi connectivity index (χ0n) is 16.7. The Labute approximate surface area is 166 Å². The highest BCUT2D eigenvalue weighted by atomic mass is 16.5. The molecule has 1 aliphatic heterocycles. The normalized spacial score (nSPS) is 17.0. The second-order valence-corrected chi connectivity index (χ2v) is 6.73. The van der Waals surface area contributed by atoms with Crippen molar-refractivity contribution < 1.29 is 13.9 Å². The van der Waals surface area contributed by atoms with Crippen LogP contribution < -0.4 is 20.3 Å². The minimum Gasteiger partial charge on any atom is -0.495 e. The lowest BCUT2D eigenvalue weighted by Gasteiger charge is -2.22. The first-order valence-corrected chi connectivity index (χ1v) is 9.75. The SMILES string of the molecule is CN=C(NCCCOCc1ccco1)NC1CCN(c2ccccc2OC)C1. The Kier molecular flexibility index (Phi) is 7.61. The number of nitrogens with zero attached hydrogens (tertiary/aromatic N) is 2. The zero-order valence-corrected chi connectivity index (χ0v) is 16.7. The first kappa shape index (κ1) is 20.1. The Bertz CT molecular complexity index is 733. The topological polar surface area (TPSA) is 71.3 Å². The molecule has 28 heavy (non-hydrogen) atoms. The Balaban J connectivity index is 1.36. The Morgan fingerprint density at radius 3 is 2.96 bits per heavy atom. The van der Waals surface area contributed by atoms with Crippen molar-refractivity contribution in [1.29, 1.82) is 0 Å². The number of rotatable bonds is 9. The van der Waals surface area contributed by atoms with Crippen molar-refractivity contribution in [3.05, 3.63) is 48.4 Å². The standard InChI is InChI=1S/C21H30N4O3/c1-22-21(23-11-6-13-27-16-18-7-5-14-28-18)24-17-10-12-25(15-17)19-8-3-4-9-20(19)26-2/h3-5,7-9,14,17H,6,10-13,15-16H2,1-2H3,(H2,22,23,24). The van der Waals surface area contributed by atoms with Gasteiger partial charge in [0.2, 0.25) is 0 Å². The average Bonchev–Trinajstić information content (AvgIpc) is 3.41. The van der Waals surface area contributed by atoms with Crippen molar-refractivity contribution >= 4 is 11.6 Å². The molecular formula is C21H30N4O3. The number of ether oxygens (including phenoxy) is 2. The molecule has 1 aliphatic rings. The molecule has 1 atom stereocenters. The maximum Gasteiger partial charge on any atom is 0.191 e. The molecule has 0 aliphatic carbocycles. The molecule has 1 unspecified atom stereocenters. The number of hydrogen-bond donors (Lipinski definition) is 2. The van der Waals surface area contributed by atoms with Crippen LogP contribution in [0.15, 0.2) is 52.1 Å². The van der Waals surface area contributed by atoms with Crippen LogP contribution in [-0.4, -0.2) is 52.4 Å². The van der Waals surface area contributed by atoms with Gasteiger partial charge in [0.25, 0.3) is 0 Å². The van der Waals surface area contributed by atoms with E-state index < -0.39 is 0 Å². The molecular weight excluding hydrogens is 356 g/mol. The van der Waals surface area contributed by atoms with Gasteiger partial charge in [0.1, 0.15) is 18.1 Å². The maximum absolute atomic E-state index is 5.60. The molecule has 1 fully saturated rings. The lowest BCUT2D eigenvalue weighted by molar-refractivity contribution is 0.105. The van der Waals surface area contributed by atoms with Gasteiger partial charge in [0, 0.05) is 39.3 Å². The highest BCUT2D eigenvalue weighted by Crippen LogP contribution is 2.30. The van der Waals surface area contributed by atoms with E-state index in [1.54, 1.807) is 20.4 Å². The van der Waals surface area contributed by atoms with Crippen LogP contribution in [-0.2, 0) is 11.3 Å². The predicted molar refractivity (Wildman–Crippen MR) is 111 cm³/mol. The summed E-state index contributed by atoms with van der Waals surface area (Å²) in [5, 5.41) is 6.88. The zero-order chi connectivity index (χ0) is 19.6. The molecule has 1 aromatic heterocycles. The third-order valence-corrected chi connectivity index (χ3v) is 4.76. The summed E-state index contributed by atoms with van der Waals surface area (Å²) in [4.78, 5) is 6.69. The van der Waals surface area contributed by atoms with Crippen LogP contribution in [0.25, 0.3) is 0 Å². The number of furan rings is 1. The number of guanidine groups is 1. The van der Waals surface area contributed by atoms with Gasteiger partial charge in [-0.25, -0.2) is 0 Å². The fourth-order valence-corrected chi connectivity index (χ4v) is 3.32. The number of hydrogen-bond acceptors (Lipinski definition) is 5. The van der Waals surface area contributed by atoms with Crippen LogP contribution >= 0.6 is 0 Å². The summed E-state index contributed by atoms with van der Waals surface area (Å²) in [5.74, 6) is 2.60. The summed E-state index contributed by atoms with van der Waals surface area (Å²) in [7, 11) is 3.52. The van der Waals surface area contributed by atoms with E-state index in [2.05, 4.69) is 26.6 Å². The van der Waals surface area contributed by atoms with Gasteiger partial charge in [-0.1, -0.05) is 12.1 Å². The van der Waals surface area contributed by atoms with Crippen LogP contribution in [0.3, 0.4) is 0 Å². The van der Waals surface area contributed by atoms with Crippen LogP contribution in [0.1, 0.15) is 18.6 Å². The van der Waals surface area contributed by atoms with Gasteiger partial charge in [-0.05, 0) is 37.1 Å². The Hall–Kier alpha value is -2.67. The third kappa shape index (κ3) is 5.66. The van der Waals surface area contributed by atoms with Crippen molar-refractivity contribution in [2.45, 2.75) is 25.5 Å². The van der Waals surface area contributed by atoms with E-state index >= 15 is 0 Å². The maximum atomic E-state index is 5.60. The van der Waals surface area contributed by atoms with Crippen molar-refractivity contribution in [2.24, 2.45) is 4.99 Å². The molecule has 2 aromatic rings. The van der Waals surface area contributed by atoms with Crippen molar-refractivity contribution in [3.8, 4) is 5.75 Å².